The highest BCUT2D eigenvalue weighted by atomic mass is 79.9. The predicted octanol–water partition coefficient (Wildman–Crippen LogP) is 4.46. The van der Waals surface area contributed by atoms with Crippen molar-refractivity contribution in [1.29, 1.82) is 0 Å². The van der Waals surface area contributed by atoms with Crippen molar-refractivity contribution in [3.63, 3.8) is 0 Å². The fraction of sp³-hybridized carbons (Fsp3) is 0.333. The van der Waals surface area contributed by atoms with E-state index in [1.165, 1.54) is 11.3 Å². The molecule has 0 atom stereocenters. The molecular weight excluding hydrogens is 366 g/mol. The van der Waals surface area contributed by atoms with Gasteiger partial charge in [-0.2, -0.15) is 5.10 Å². The molecule has 1 heterocycles. The summed E-state index contributed by atoms with van der Waals surface area (Å²) < 4.78 is 11.9. The molecule has 0 spiro atoms. The monoisotopic (exact) mass is 383 g/mol. The molecule has 0 aliphatic rings. The number of thiazole rings is 1. The second kappa shape index (κ2) is 8.14. The summed E-state index contributed by atoms with van der Waals surface area (Å²) in [7, 11) is 1.62. The molecule has 0 fully saturated rings. The molecule has 22 heavy (non-hydrogen) atoms. The number of halogens is 1. The Morgan fingerprint density at radius 3 is 2.91 bits per heavy atom. The van der Waals surface area contributed by atoms with Crippen molar-refractivity contribution in [2.24, 2.45) is 5.10 Å². The highest BCUT2D eigenvalue weighted by Crippen LogP contribution is 2.36. The van der Waals surface area contributed by atoms with E-state index in [0.717, 1.165) is 27.3 Å². The summed E-state index contributed by atoms with van der Waals surface area (Å²) in [4.78, 5) is 4.28. The number of aryl methyl sites for hydroxylation is 1. The number of methoxy groups -OCH3 is 1. The van der Waals surface area contributed by atoms with Gasteiger partial charge >= 0.3 is 0 Å². The topological polar surface area (TPSA) is 55.7 Å². The van der Waals surface area contributed by atoms with E-state index >= 15 is 0 Å². The van der Waals surface area contributed by atoms with Crippen LogP contribution < -0.4 is 14.9 Å². The van der Waals surface area contributed by atoms with Crippen LogP contribution in [-0.4, -0.2) is 24.9 Å². The summed E-state index contributed by atoms with van der Waals surface area (Å²) in [6.07, 6.45) is 2.66. The van der Waals surface area contributed by atoms with Crippen molar-refractivity contribution >= 4 is 38.6 Å². The lowest BCUT2D eigenvalue weighted by molar-refractivity contribution is 0.292. The van der Waals surface area contributed by atoms with Crippen LogP contribution in [0, 0.1) is 6.92 Å². The zero-order valence-corrected chi connectivity index (χ0v) is 15.1. The number of ether oxygens (including phenoxy) is 2. The van der Waals surface area contributed by atoms with Crippen molar-refractivity contribution in [2.45, 2.75) is 20.3 Å². The Morgan fingerprint density at radius 2 is 2.27 bits per heavy atom. The number of aromatic nitrogens is 1. The Labute approximate surface area is 142 Å². The predicted molar refractivity (Wildman–Crippen MR) is 94.5 cm³/mol. The number of nitrogens with zero attached hydrogens (tertiary/aromatic N) is 2. The van der Waals surface area contributed by atoms with Gasteiger partial charge in [-0.25, -0.2) is 4.98 Å². The van der Waals surface area contributed by atoms with E-state index in [4.69, 9.17) is 9.47 Å². The maximum atomic E-state index is 5.70. The van der Waals surface area contributed by atoms with Gasteiger partial charge in [-0.15, -0.1) is 11.3 Å². The number of hydrogen-bond donors (Lipinski definition) is 1. The maximum absolute atomic E-state index is 5.70. The van der Waals surface area contributed by atoms with E-state index in [2.05, 4.69) is 38.4 Å². The lowest BCUT2D eigenvalue weighted by Crippen LogP contribution is -2.00. The van der Waals surface area contributed by atoms with E-state index in [0.29, 0.717) is 18.1 Å². The molecule has 0 radical (unpaired) electrons. The summed E-state index contributed by atoms with van der Waals surface area (Å²) in [5.74, 6) is 1.39. The Morgan fingerprint density at radius 1 is 1.45 bits per heavy atom. The molecule has 5 nitrogen and oxygen atoms in total. The summed E-state index contributed by atoms with van der Waals surface area (Å²) >= 11 is 5.03. The first kappa shape index (κ1) is 16.8. The first-order valence-electron chi connectivity index (χ1n) is 6.85. The smallest absolute Gasteiger partial charge is 0.203 e. The van der Waals surface area contributed by atoms with E-state index in [1.54, 1.807) is 13.3 Å². The van der Waals surface area contributed by atoms with Gasteiger partial charge in [0.25, 0.3) is 0 Å². The quantitative estimate of drug-likeness (QED) is 0.566. The molecule has 7 heteroatoms. The first-order chi connectivity index (χ1) is 10.6. The van der Waals surface area contributed by atoms with Crippen LogP contribution in [0.2, 0.25) is 0 Å². The Kier molecular flexibility index (Phi) is 6.21. The number of rotatable bonds is 7. The van der Waals surface area contributed by atoms with Crippen molar-refractivity contribution < 1.29 is 9.47 Å². The molecule has 0 saturated heterocycles. The largest absolute Gasteiger partial charge is 0.493 e. The normalized spacial score (nSPS) is 10.9. The highest BCUT2D eigenvalue weighted by molar-refractivity contribution is 9.10. The van der Waals surface area contributed by atoms with Crippen LogP contribution in [0.25, 0.3) is 0 Å². The van der Waals surface area contributed by atoms with E-state index in [9.17, 15) is 0 Å². The number of anilines is 1. The third kappa shape index (κ3) is 4.45. The van der Waals surface area contributed by atoms with Gasteiger partial charge in [-0.3, -0.25) is 5.43 Å². The zero-order valence-electron chi connectivity index (χ0n) is 12.7. The van der Waals surface area contributed by atoms with Gasteiger partial charge in [0.1, 0.15) is 0 Å². The lowest BCUT2D eigenvalue weighted by Gasteiger charge is -2.12. The first-order valence-corrected chi connectivity index (χ1v) is 8.52. The van der Waals surface area contributed by atoms with Gasteiger partial charge in [0.05, 0.1) is 30.1 Å². The number of hydrogen-bond acceptors (Lipinski definition) is 6. The average molecular weight is 384 g/mol. The Hall–Kier alpha value is -1.60. The third-order valence-electron chi connectivity index (χ3n) is 2.70. The molecule has 0 aliphatic carbocycles. The minimum absolute atomic E-state index is 0.646. The lowest BCUT2D eigenvalue weighted by atomic mass is 10.2. The summed E-state index contributed by atoms with van der Waals surface area (Å²) in [6, 6.07) is 3.82. The second-order valence-corrected chi connectivity index (χ2v) is 6.26. The molecule has 0 amide bonds. The Bertz CT molecular complexity index is 658. The molecule has 0 saturated carbocycles. The SMILES string of the molecule is CCCOc1c(Br)cc(C=NNc2nc(C)cs2)cc1OC. The summed E-state index contributed by atoms with van der Waals surface area (Å²) in [5.41, 5.74) is 4.78. The number of benzene rings is 1. The molecule has 2 rings (SSSR count). The van der Waals surface area contributed by atoms with Crippen molar-refractivity contribution in [2.75, 3.05) is 19.1 Å². The summed E-state index contributed by atoms with van der Waals surface area (Å²) in [5, 5.41) is 6.93. The molecule has 118 valence electrons. The zero-order chi connectivity index (χ0) is 15.9. The van der Waals surface area contributed by atoms with Gasteiger partial charge in [-0.1, -0.05) is 6.92 Å². The van der Waals surface area contributed by atoms with Crippen molar-refractivity contribution in [3.8, 4) is 11.5 Å². The molecule has 1 aromatic carbocycles. The minimum Gasteiger partial charge on any atom is -0.493 e. The molecule has 2 aromatic rings. The van der Waals surface area contributed by atoms with Gasteiger partial charge in [-0.05, 0) is 47.0 Å². The molecule has 1 aromatic heterocycles. The standard InChI is InChI=1S/C15H18BrN3O2S/c1-4-5-21-14-12(16)6-11(7-13(14)20-3)8-17-19-15-18-10(2)9-22-15/h6-9H,4-5H2,1-3H3,(H,18,19). The van der Waals surface area contributed by atoms with Crippen molar-refractivity contribution in [3.05, 3.63) is 33.2 Å². The molecule has 1 N–H and O–H groups in total. The van der Waals surface area contributed by atoms with Crippen LogP contribution in [0.3, 0.4) is 0 Å². The van der Waals surface area contributed by atoms with Crippen LogP contribution in [0.1, 0.15) is 24.6 Å². The number of nitrogens with one attached hydrogen (secondary N) is 1. The van der Waals surface area contributed by atoms with Gasteiger partial charge in [0, 0.05) is 5.38 Å². The number of hydrazone groups is 1. The van der Waals surface area contributed by atoms with E-state index < -0.39 is 0 Å². The summed E-state index contributed by atoms with van der Waals surface area (Å²) in [6.45, 7) is 4.66. The Balaban J connectivity index is 2.12. The van der Waals surface area contributed by atoms with Gasteiger partial charge in [0.15, 0.2) is 11.5 Å². The molecule has 0 aliphatic heterocycles. The highest BCUT2D eigenvalue weighted by Gasteiger charge is 2.10. The average Bonchev–Trinajstić information content (AvgIpc) is 2.91. The van der Waals surface area contributed by atoms with E-state index in [-0.39, 0.29) is 0 Å². The van der Waals surface area contributed by atoms with Crippen LogP contribution in [0.15, 0.2) is 27.1 Å². The van der Waals surface area contributed by atoms with Gasteiger partial charge < -0.3 is 9.47 Å². The third-order valence-corrected chi connectivity index (χ3v) is 4.15. The minimum atomic E-state index is 0.646. The molecule has 0 bridgehead atoms. The van der Waals surface area contributed by atoms with Crippen molar-refractivity contribution in [1.82, 2.24) is 4.98 Å². The van der Waals surface area contributed by atoms with Crippen LogP contribution in [0.4, 0.5) is 5.13 Å². The van der Waals surface area contributed by atoms with Gasteiger partial charge in [0.2, 0.25) is 5.13 Å². The fourth-order valence-electron chi connectivity index (χ4n) is 1.73. The second-order valence-electron chi connectivity index (χ2n) is 4.55. The van der Waals surface area contributed by atoms with Crippen LogP contribution in [-0.2, 0) is 0 Å². The maximum Gasteiger partial charge on any atom is 0.203 e. The van der Waals surface area contributed by atoms with E-state index in [1.807, 2.05) is 24.4 Å². The fourth-order valence-corrected chi connectivity index (χ4v) is 2.94. The molecular formula is C15H18BrN3O2S. The van der Waals surface area contributed by atoms with Crippen LogP contribution in [0.5, 0.6) is 11.5 Å². The van der Waals surface area contributed by atoms with Crippen LogP contribution >= 0.6 is 27.3 Å². The molecule has 0 unspecified atom stereocenters.